The van der Waals surface area contributed by atoms with Crippen LogP contribution >= 0.6 is 11.6 Å². The molecular formula is C14H19ClN4. The Balaban J connectivity index is 2.33. The van der Waals surface area contributed by atoms with Crippen molar-refractivity contribution >= 4 is 11.6 Å². The number of nitrogens with zero attached hydrogens (tertiary/aromatic N) is 3. The van der Waals surface area contributed by atoms with Crippen molar-refractivity contribution in [2.24, 2.45) is 0 Å². The van der Waals surface area contributed by atoms with E-state index in [9.17, 15) is 0 Å². The average molecular weight is 279 g/mol. The molecule has 0 saturated carbocycles. The molecule has 0 radical (unpaired) electrons. The zero-order valence-corrected chi connectivity index (χ0v) is 12.1. The molecule has 0 aromatic carbocycles. The summed E-state index contributed by atoms with van der Waals surface area (Å²) in [5, 5.41) is 8.48. The van der Waals surface area contributed by atoms with Crippen molar-refractivity contribution < 1.29 is 0 Å². The molecule has 0 saturated heterocycles. The highest BCUT2D eigenvalue weighted by Crippen LogP contribution is 2.21. The van der Waals surface area contributed by atoms with Crippen LogP contribution in [0.2, 0.25) is 5.02 Å². The molecule has 19 heavy (non-hydrogen) atoms. The lowest BCUT2D eigenvalue weighted by Crippen LogP contribution is -2.25. The van der Waals surface area contributed by atoms with Gasteiger partial charge in [-0.15, -0.1) is 0 Å². The van der Waals surface area contributed by atoms with Gasteiger partial charge >= 0.3 is 0 Å². The Kier molecular flexibility index (Phi) is 4.93. The van der Waals surface area contributed by atoms with E-state index in [1.54, 1.807) is 6.20 Å². The Bertz CT molecular complexity index is 506. The summed E-state index contributed by atoms with van der Waals surface area (Å²) < 4.78 is 2.03. The van der Waals surface area contributed by atoms with Gasteiger partial charge in [-0.05, 0) is 31.2 Å². The van der Waals surface area contributed by atoms with Crippen LogP contribution in [-0.4, -0.2) is 21.3 Å². The molecule has 0 aliphatic carbocycles. The van der Waals surface area contributed by atoms with Crippen LogP contribution in [0.1, 0.15) is 37.7 Å². The molecular weight excluding hydrogens is 260 g/mol. The highest BCUT2D eigenvalue weighted by atomic mass is 35.5. The number of aromatic nitrogens is 3. The Labute approximate surface area is 118 Å². The van der Waals surface area contributed by atoms with Crippen molar-refractivity contribution in [3.8, 4) is 0 Å². The summed E-state index contributed by atoms with van der Waals surface area (Å²) in [7, 11) is 0. The highest BCUT2D eigenvalue weighted by molar-refractivity contribution is 6.30. The molecule has 0 spiro atoms. The third-order valence-electron chi connectivity index (χ3n) is 2.93. The van der Waals surface area contributed by atoms with E-state index in [1.807, 2.05) is 29.1 Å². The summed E-state index contributed by atoms with van der Waals surface area (Å²) in [5.41, 5.74) is 2.10. The maximum absolute atomic E-state index is 5.90. The summed E-state index contributed by atoms with van der Waals surface area (Å²) in [6, 6.07) is 5.92. The number of hydrogen-bond acceptors (Lipinski definition) is 3. The molecule has 0 aliphatic rings. The summed E-state index contributed by atoms with van der Waals surface area (Å²) in [5.74, 6) is 0. The highest BCUT2D eigenvalue weighted by Gasteiger charge is 2.18. The summed E-state index contributed by atoms with van der Waals surface area (Å²) in [6.45, 7) is 6.02. The average Bonchev–Trinajstić information content (AvgIpc) is 2.86. The fourth-order valence-electron chi connectivity index (χ4n) is 2.11. The first kappa shape index (κ1) is 14.0. The third kappa shape index (κ3) is 3.33. The van der Waals surface area contributed by atoms with Crippen LogP contribution in [-0.2, 0) is 6.54 Å². The molecule has 2 aromatic rings. The summed E-state index contributed by atoms with van der Waals surface area (Å²) >= 11 is 5.90. The number of pyridine rings is 1. The molecule has 102 valence electrons. The zero-order valence-electron chi connectivity index (χ0n) is 11.3. The Hall–Kier alpha value is -1.39. The van der Waals surface area contributed by atoms with Gasteiger partial charge < -0.3 is 5.32 Å². The van der Waals surface area contributed by atoms with Gasteiger partial charge in [-0.25, -0.2) is 0 Å². The first-order valence-corrected chi connectivity index (χ1v) is 7.00. The lowest BCUT2D eigenvalue weighted by atomic mass is 10.1. The fraction of sp³-hybridized carbons (Fsp3) is 0.429. The first-order valence-electron chi connectivity index (χ1n) is 6.62. The minimum atomic E-state index is 0.0521. The fourth-order valence-corrected chi connectivity index (χ4v) is 2.22. The molecule has 0 amide bonds. The van der Waals surface area contributed by atoms with Crippen molar-refractivity contribution in [2.75, 3.05) is 6.54 Å². The summed E-state index contributed by atoms with van der Waals surface area (Å²) in [4.78, 5) is 4.42. The predicted molar refractivity (Wildman–Crippen MR) is 77.3 cm³/mol. The Morgan fingerprint density at radius 3 is 2.79 bits per heavy atom. The molecule has 2 heterocycles. The Morgan fingerprint density at radius 1 is 1.32 bits per heavy atom. The normalized spacial score (nSPS) is 12.6. The van der Waals surface area contributed by atoms with Crippen molar-refractivity contribution in [1.82, 2.24) is 20.1 Å². The van der Waals surface area contributed by atoms with E-state index in [2.05, 4.69) is 29.2 Å². The second-order valence-corrected chi connectivity index (χ2v) is 4.81. The van der Waals surface area contributed by atoms with Gasteiger partial charge in [0, 0.05) is 18.9 Å². The molecule has 5 heteroatoms. The van der Waals surface area contributed by atoms with Gasteiger partial charge in [0.2, 0.25) is 0 Å². The SMILES string of the molecule is CCCn1nccc1C(NCC)c1ccc(Cl)cn1. The quantitative estimate of drug-likeness (QED) is 0.883. The molecule has 0 aliphatic heterocycles. The van der Waals surface area contributed by atoms with E-state index in [4.69, 9.17) is 11.6 Å². The lowest BCUT2D eigenvalue weighted by Gasteiger charge is -2.19. The van der Waals surface area contributed by atoms with Gasteiger partial charge in [0.05, 0.1) is 22.5 Å². The van der Waals surface area contributed by atoms with Gasteiger partial charge in [-0.3, -0.25) is 9.67 Å². The van der Waals surface area contributed by atoms with E-state index >= 15 is 0 Å². The van der Waals surface area contributed by atoms with Crippen molar-refractivity contribution in [2.45, 2.75) is 32.9 Å². The number of halogens is 1. The van der Waals surface area contributed by atoms with Crippen LogP contribution in [0.3, 0.4) is 0 Å². The largest absolute Gasteiger partial charge is 0.304 e. The minimum absolute atomic E-state index is 0.0521. The smallest absolute Gasteiger partial charge is 0.0921 e. The standard InChI is InChI=1S/C14H19ClN4/c1-3-9-19-13(7-8-18-19)14(16-4-2)12-6-5-11(15)10-17-12/h5-8,10,14,16H,3-4,9H2,1-2H3. The molecule has 2 aromatic heterocycles. The minimum Gasteiger partial charge on any atom is -0.304 e. The van der Waals surface area contributed by atoms with Gasteiger partial charge in [-0.2, -0.15) is 5.10 Å². The topological polar surface area (TPSA) is 42.7 Å². The van der Waals surface area contributed by atoms with Crippen molar-refractivity contribution in [3.05, 3.63) is 47.0 Å². The second-order valence-electron chi connectivity index (χ2n) is 4.37. The Morgan fingerprint density at radius 2 is 2.16 bits per heavy atom. The van der Waals surface area contributed by atoms with E-state index in [-0.39, 0.29) is 6.04 Å². The second kappa shape index (κ2) is 6.68. The van der Waals surface area contributed by atoms with Crippen LogP contribution < -0.4 is 5.32 Å². The van der Waals surface area contributed by atoms with Gasteiger partial charge in [0.15, 0.2) is 0 Å². The van der Waals surface area contributed by atoms with Crippen molar-refractivity contribution in [3.63, 3.8) is 0 Å². The molecule has 4 nitrogen and oxygen atoms in total. The molecule has 1 atom stereocenters. The number of aryl methyl sites for hydroxylation is 1. The van der Waals surface area contributed by atoms with Crippen molar-refractivity contribution in [1.29, 1.82) is 0 Å². The van der Waals surface area contributed by atoms with Crippen LogP contribution in [0.5, 0.6) is 0 Å². The molecule has 0 bridgehead atoms. The first-order chi connectivity index (χ1) is 9.26. The summed E-state index contributed by atoms with van der Waals surface area (Å²) in [6.07, 6.45) is 4.58. The van der Waals surface area contributed by atoms with E-state index in [0.717, 1.165) is 30.9 Å². The van der Waals surface area contributed by atoms with Gasteiger partial charge in [0.1, 0.15) is 0 Å². The van der Waals surface area contributed by atoms with Crippen LogP contribution in [0.25, 0.3) is 0 Å². The maximum atomic E-state index is 5.90. The third-order valence-corrected chi connectivity index (χ3v) is 3.16. The molecule has 0 fully saturated rings. The molecule has 2 rings (SSSR count). The lowest BCUT2D eigenvalue weighted by molar-refractivity contribution is 0.514. The number of nitrogens with one attached hydrogen (secondary N) is 1. The molecule has 1 N–H and O–H groups in total. The number of rotatable bonds is 6. The van der Waals surface area contributed by atoms with Crippen LogP contribution in [0.4, 0.5) is 0 Å². The van der Waals surface area contributed by atoms with E-state index < -0.39 is 0 Å². The predicted octanol–water partition coefficient (Wildman–Crippen LogP) is 3.04. The van der Waals surface area contributed by atoms with Crippen LogP contribution in [0.15, 0.2) is 30.6 Å². The van der Waals surface area contributed by atoms with E-state index in [0.29, 0.717) is 5.02 Å². The van der Waals surface area contributed by atoms with Gasteiger partial charge in [0.25, 0.3) is 0 Å². The number of hydrogen-bond donors (Lipinski definition) is 1. The van der Waals surface area contributed by atoms with E-state index in [1.165, 1.54) is 0 Å². The van der Waals surface area contributed by atoms with Gasteiger partial charge in [-0.1, -0.05) is 25.4 Å². The zero-order chi connectivity index (χ0) is 13.7. The maximum Gasteiger partial charge on any atom is 0.0921 e. The monoisotopic (exact) mass is 278 g/mol. The van der Waals surface area contributed by atoms with Crippen LogP contribution in [0, 0.1) is 0 Å². The molecule has 1 unspecified atom stereocenters.